The molecule has 3 aromatic rings. The number of alkyl carbamates (subject to hydrolysis) is 2. The zero-order chi connectivity index (χ0) is 43.6. The maximum absolute atomic E-state index is 13.9. The Morgan fingerprint density at radius 1 is 0.915 bits per heavy atom. The van der Waals surface area contributed by atoms with Crippen LogP contribution in [0.4, 0.5) is 15.3 Å². The average Bonchev–Trinajstić information content (AvgIpc) is 4.02. The molecule has 0 aliphatic heterocycles. The quantitative estimate of drug-likeness (QED) is 0.0387. The molecule has 17 nitrogen and oxygen atoms in total. The third-order valence-electron chi connectivity index (χ3n) is 8.69. The minimum absolute atomic E-state index is 0.00584. The number of anilines is 1. The number of ether oxygens (including phenoxy) is 5. The number of carbonyl (C=O) groups excluding carboxylic acids is 6. The van der Waals surface area contributed by atoms with Gasteiger partial charge < -0.3 is 39.6 Å². The second kappa shape index (κ2) is 19.6. The number of nitrogens with one attached hydrogen (secondary N) is 5. The summed E-state index contributed by atoms with van der Waals surface area (Å²) in [4.78, 5) is 81.7. The number of benzene rings is 2. The molecule has 4 rings (SSSR count). The van der Waals surface area contributed by atoms with Crippen molar-refractivity contribution in [1.29, 1.82) is 5.41 Å². The summed E-state index contributed by atoms with van der Waals surface area (Å²) in [5.41, 5.74) is 0.618. The first-order valence-electron chi connectivity index (χ1n) is 18.7. The van der Waals surface area contributed by atoms with E-state index in [1.807, 2.05) is 0 Å². The number of hydrogen-bond acceptors (Lipinski definition) is 13. The Balaban J connectivity index is 1.46. The van der Waals surface area contributed by atoms with E-state index < -0.39 is 53.9 Å². The number of carbonyl (C=O) groups is 6. The Kier molecular flexibility index (Phi) is 14.9. The van der Waals surface area contributed by atoms with Gasteiger partial charge in [-0.05, 0) is 94.0 Å². The highest BCUT2D eigenvalue weighted by atomic mass is 16.7. The van der Waals surface area contributed by atoms with Gasteiger partial charge in [-0.2, -0.15) is 0 Å². The highest BCUT2D eigenvalue weighted by molar-refractivity contribution is 6.11. The molecule has 0 saturated heterocycles. The lowest BCUT2D eigenvalue weighted by Gasteiger charge is -2.25. The smallest absolute Gasteiger partial charge is 0.415 e. The van der Waals surface area contributed by atoms with Crippen molar-refractivity contribution in [3.63, 3.8) is 0 Å². The average molecular weight is 815 g/mol. The van der Waals surface area contributed by atoms with Crippen molar-refractivity contribution in [2.75, 3.05) is 26.1 Å². The lowest BCUT2D eigenvalue weighted by molar-refractivity contribution is -0.168. The van der Waals surface area contributed by atoms with Gasteiger partial charge in [0.05, 0.1) is 14.2 Å². The SMILES string of the molecule is C=Cc1cc(C(=O)Nc2ccc(C(=N)NC(=O)OC(C)OC(=O)[C@@H](NC(=O)OC(C)(C)C)C(C)C)cc2)c(-c2ccc(C(=O)NCC3CC3)nc2C(=O)OC)cc1OC. The van der Waals surface area contributed by atoms with E-state index in [-0.39, 0.29) is 45.4 Å². The highest BCUT2D eigenvalue weighted by Gasteiger charge is 2.31. The van der Waals surface area contributed by atoms with Crippen LogP contribution < -0.4 is 26.0 Å². The molecule has 2 aromatic carbocycles. The molecular formula is C42H50N6O11. The van der Waals surface area contributed by atoms with Gasteiger partial charge in [-0.3, -0.25) is 20.3 Å². The number of amides is 4. The van der Waals surface area contributed by atoms with Crippen LogP contribution in [0, 0.1) is 17.2 Å². The summed E-state index contributed by atoms with van der Waals surface area (Å²) in [6.45, 7) is 14.0. The number of pyridine rings is 1. The standard InChI is InChI=1S/C42H50N6O11/c1-10-25-19-30(29(20-32(25)55-8)28-17-18-31(46-34(28)38(51)56-9)37(50)44-21-24-11-12-24)36(49)45-27-15-13-26(14-16-27)35(43)48-40(53)58-23(4)57-39(52)33(22(2)3)47-41(54)59-42(5,6)7/h10,13-20,22-24,33H,1,11-12,21H2,2-9H3,(H,44,50)(H,45,49)(H,47,54)(H2,43,48,53)/t23?,33-/m0/s1. The first-order chi connectivity index (χ1) is 27.8. The van der Waals surface area contributed by atoms with Crippen molar-refractivity contribution < 1.29 is 52.5 Å². The number of rotatable bonds is 15. The number of nitrogens with zero attached hydrogens (tertiary/aromatic N) is 1. The van der Waals surface area contributed by atoms with Crippen LogP contribution in [-0.4, -0.2) is 85.5 Å². The van der Waals surface area contributed by atoms with Gasteiger partial charge in [-0.1, -0.05) is 26.5 Å². The third-order valence-corrected chi connectivity index (χ3v) is 8.69. The van der Waals surface area contributed by atoms with Crippen molar-refractivity contribution in [3.8, 4) is 16.9 Å². The van der Waals surface area contributed by atoms with Crippen LogP contribution in [0.3, 0.4) is 0 Å². The summed E-state index contributed by atoms with van der Waals surface area (Å²) < 4.78 is 26.1. The van der Waals surface area contributed by atoms with Crippen molar-refractivity contribution in [2.24, 2.45) is 11.8 Å². The fourth-order valence-corrected chi connectivity index (χ4v) is 5.51. The van der Waals surface area contributed by atoms with Gasteiger partial charge >= 0.3 is 24.1 Å². The first kappa shape index (κ1) is 44.9. The minimum atomic E-state index is -1.38. The second-order valence-electron chi connectivity index (χ2n) is 14.9. The summed E-state index contributed by atoms with van der Waals surface area (Å²) in [5, 5.41) is 18.7. The van der Waals surface area contributed by atoms with Crippen LogP contribution in [-0.2, 0) is 23.7 Å². The Morgan fingerprint density at radius 2 is 1.59 bits per heavy atom. The molecule has 314 valence electrons. The van der Waals surface area contributed by atoms with Crippen molar-refractivity contribution in [2.45, 2.75) is 72.3 Å². The van der Waals surface area contributed by atoms with Gasteiger partial charge in [-0.15, -0.1) is 0 Å². The number of methoxy groups -OCH3 is 2. The summed E-state index contributed by atoms with van der Waals surface area (Å²) >= 11 is 0. The molecule has 5 N–H and O–H groups in total. The van der Waals surface area contributed by atoms with Crippen LogP contribution in [0.1, 0.15) is 96.8 Å². The number of hydrogen-bond donors (Lipinski definition) is 5. The van der Waals surface area contributed by atoms with Crippen LogP contribution in [0.5, 0.6) is 5.75 Å². The van der Waals surface area contributed by atoms with E-state index in [1.165, 1.54) is 69.7 Å². The summed E-state index contributed by atoms with van der Waals surface area (Å²) in [7, 11) is 2.62. The molecule has 0 radical (unpaired) electrons. The molecule has 0 bridgehead atoms. The molecule has 1 saturated carbocycles. The molecule has 2 atom stereocenters. The van der Waals surface area contributed by atoms with Crippen molar-refractivity contribution in [1.82, 2.24) is 20.9 Å². The lowest BCUT2D eigenvalue weighted by atomic mass is 9.94. The molecule has 17 heteroatoms. The zero-order valence-corrected chi connectivity index (χ0v) is 34.3. The maximum Gasteiger partial charge on any atom is 0.415 e. The molecule has 1 heterocycles. The Bertz CT molecular complexity index is 2110. The van der Waals surface area contributed by atoms with E-state index in [0.717, 1.165) is 12.8 Å². The Labute approximate surface area is 342 Å². The van der Waals surface area contributed by atoms with Gasteiger partial charge in [0.1, 0.15) is 28.9 Å². The number of esters is 2. The van der Waals surface area contributed by atoms with Gasteiger partial charge in [0.2, 0.25) is 6.29 Å². The lowest BCUT2D eigenvalue weighted by Crippen LogP contribution is -2.48. The van der Waals surface area contributed by atoms with E-state index in [0.29, 0.717) is 29.5 Å². The molecule has 1 aliphatic carbocycles. The summed E-state index contributed by atoms with van der Waals surface area (Å²) in [6, 6.07) is 10.9. The molecule has 1 fully saturated rings. The Morgan fingerprint density at radius 3 is 2.17 bits per heavy atom. The summed E-state index contributed by atoms with van der Waals surface area (Å²) in [6.07, 6.45) is 0.289. The molecule has 1 unspecified atom stereocenters. The first-order valence-corrected chi connectivity index (χ1v) is 18.7. The predicted octanol–water partition coefficient (Wildman–Crippen LogP) is 6.07. The third kappa shape index (κ3) is 12.6. The monoisotopic (exact) mass is 814 g/mol. The number of aromatic nitrogens is 1. The van der Waals surface area contributed by atoms with Crippen LogP contribution in [0.25, 0.3) is 17.2 Å². The predicted molar refractivity (Wildman–Crippen MR) is 217 cm³/mol. The van der Waals surface area contributed by atoms with Gasteiger partial charge in [0.15, 0.2) is 5.69 Å². The fourth-order valence-electron chi connectivity index (χ4n) is 5.51. The van der Waals surface area contributed by atoms with Gasteiger partial charge in [0, 0.05) is 47.0 Å². The minimum Gasteiger partial charge on any atom is -0.496 e. The van der Waals surface area contributed by atoms with E-state index in [9.17, 15) is 28.8 Å². The van der Waals surface area contributed by atoms with Gasteiger partial charge in [0.25, 0.3) is 11.8 Å². The highest BCUT2D eigenvalue weighted by Crippen LogP contribution is 2.35. The molecule has 4 amide bonds. The van der Waals surface area contributed by atoms with Crippen molar-refractivity contribution >= 4 is 53.5 Å². The van der Waals surface area contributed by atoms with E-state index >= 15 is 0 Å². The van der Waals surface area contributed by atoms with Crippen molar-refractivity contribution in [3.05, 3.63) is 83.2 Å². The van der Waals surface area contributed by atoms with E-state index in [2.05, 4.69) is 32.8 Å². The summed E-state index contributed by atoms with van der Waals surface area (Å²) in [5.74, 6) is -2.70. The second-order valence-corrected chi connectivity index (χ2v) is 14.9. The topological polar surface area (TPSA) is 233 Å². The van der Waals surface area contributed by atoms with Crippen LogP contribution >= 0.6 is 0 Å². The Hall–Kier alpha value is -6.78. The van der Waals surface area contributed by atoms with Crippen LogP contribution in [0.15, 0.2) is 55.1 Å². The van der Waals surface area contributed by atoms with E-state index in [1.54, 1.807) is 40.7 Å². The molecule has 0 spiro atoms. The van der Waals surface area contributed by atoms with E-state index in [4.69, 9.17) is 29.1 Å². The fraction of sp³-hybridized carbons (Fsp3) is 0.381. The molecule has 1 aliphatic rings. The maximum atomic E-state index is 13.9. The zero-order valence-electron chi connectivity index (χ0n) is 34.3. The molecular weight excluding hydrogens is 764 g/mol. The normalized spacial score (nSPS) is 13.2. The largest absolute Gasteiger partial charge is 0.496 e. The van der Waals surface area contributed by atoms with Crippen LogP contribution in [0.2, 0.25) is 0 Å². The number of amidine groups is 1. The van der Waals surface area contributed by atoms with Gasteiger partial charge in [-0.25, -0.2) is 24.2 Å². The molecule has 59 heavy (non-hydrogen) atoms. The molecule has 1 aromatic heterocycles.